The number of phenolic OH excluding ortho intramolecular Hbond substituents is 1. The lowest BCUT2D eigenvalue weighted by Crippen LogP contribution is -2.60. The molecule has 0 amide bonds. The molecule has 0 unspecified atom stereocenters. The van der Waals surface area contributed by atoms with Gasteiger partial charge < -0.3 is 54.0 Å². The molecule has 0 spiro atoms. The first-order valence-corrected chi connectivity index (χ1v) is 12.7. The first kappa shape index (κ1) is 32.0. The molecule has 2 aliphatic rings. The third kappa shape index (κ3) is 8.48. The average molecular weight is 583 g/mol. The van der Waals surface area contributed by atoms with Crippen molar-refractivity contribution in [3.05, 3.63) is 53.3 Å². The van der Waals surface area contributed by atoms with E-state index in [1.165, 1.54) is 25.1 Å². The molecule has 1 aromatic carbocycles. The van der Waals surface area contributed by atoms with E-state index < -0.39 is 67.4 Å². The van der Waals surface area contributed by atoms with Crippen molar-refractivity contribution in [3.8, 4) is 5.75 Å². The Morgan fingerprint density at radius 1 is 1.02 bits per heavy atom. The van der Waals surface area contributed by atoms with E-state index in [1.54, 1.807) is 12.1 Å². The van der Waals surface area contributed by atoms with E-state index in [0.29, 0.717) is 6.42 Å². The van der Waals surface area contributed by atoms with Crippen LogP contribution in [0.25, 0.3) is 0 Å². The van der Waals surface area contributed by atoms with Crippen LogP contribution in [0.15, 0.2) is 47.7 Å². The lowest BCUT2D eigenvalue weighted by Gasteiger charge is -2.42. The van der Waals surface area contributed by atoms with E-state index >= 15 is 0 Å². The van der Waals surface area contributed by atoms with Crippen molar-refractivity contribution >= 4 is 17.9 Å². The number of carbonyl (C=O) groups is 3. The molecule has 1 fully saturated rings. The summed E-state index contributed by atoms with van der Waals surface area (Å²) in [4.78, 5) is 36.8. The summed E-state index contributed by atoms with van der Waals surface area (Å²) in [6, 6.07) is 6.36. The Balaban J connectivity index is 1.82. The van der Waals surface area contributed by atoms with Crippen LogP contribution >= 0.6 is 0 Å². The summed E-state index contributed by atoms with van der Waals surface area (Å²) in [5.41, 5.74) is 0.846. The molecule has 2 heterocycles. The van der Waals surface area contributed by atoms with Crippen LogP contribution in [0.1, 0.15) is 18.9 Å². The number of aliphatic hydroxyl groups excluding tert-OH is 4. The van der Waals surface area contributed by atoms with E-state index in [9.17, 15) is 39.9 Å². The van der Waals surface area contributed by atoms with Crippen LogP contribution in [0, 0.1) is 5.92 Å². The zero-order valence-electron chi connectivity index (χ0n) is 22.5. The Bertz CT molecular complexity index is 1110. The van der Waals surface area contributed by atoms with Crippen molar-refractivity contribution < 1.29 is 68.3 Å². The molecule has 226 valence electrons. The van der Waals surface area contributed by atoms with Crippen molar-refractivity contribution in [3.63, 3.8) is 0 Å². The predicted octanol–water partition coefficient (Wildman–Crippen LogP) is -0.797. The molecule has 7 atom stereocenters. The van der Waals surface area contributed by atoms with Gasteiger partial charge in [0.2, 0.25) is 6.29 Å². The number of aromatic hydroxyl groups is 1. The molecule has 1 saturated heterocycles. The Hall–Kier alpha value is -3.53. The van der Waals surface area contributed by atoms with E-state index in [0.717, 1.165) is 18.9 Å². The van der Waals surface area contributed by atoms with Crippen molar-refractivity contribution in [1.82, 2.24) is 0 Å². The molecular formula is C27H34O14. The van der Waals surface area contributed by atoms with Crippen molar-refractivity contribution in [1.29, 1.82) is 0 Å². The highest BCUT2D eigenvalue weighted by molar-refractivity contribution is 5.90. The summed E-state index contributed by atoms with van der Waals surface area (Å²) in [6.07, 6.45) is -7.11. The average Bonchev–Trinajstić information content (AvgIpc) is 2.95. The quantitative estimate of drug-likeness (QED) is 0.123. The maximum Gasteiger partial charge on any atom is 0.337 e. The molecule has 0 aromatic heterocycles. The Kier molecular flexibility index (Phi) is 11.6. The van der Waals surface area contributed by atoms with Crippen molar-refractivity contribution in [2.75, 3.05) is 26.9 Å². The molecule has 0 saturated carbocycles. The van der Waals surface area contributed by atoms with Crippen LogP contribution in [-0.4, -0.2) is 107 Å². The van der Waals surface area contributed by atoms with Crippen LogP contribution in [0.5, 0.6) is 5.75 Å². The zero-order valence-corrected chi connectivity index (χ0v) is 22.5. The fourth-order valence-corrected chi connectivity index (χ4v) is 4.25. The fourth-order valence-electron chi connectivity index (χ4n) is 4.25. The van der Waals surface area contributed by atoms with Gasteiger partial charge in [0.05, 0.1) is 38.6 Å². The van der Waals surface area contributed by atoms with Crippen LogP contribution in [0.4, 0.5) is 0 Å². The molecular weight excluding hydrogens is 548 g/mol. The van der Waals surface area contributed by atoms with E-state index in [-0.39, 0.29) is 36.5 Å². The van der Waals surface area contributed by atoms with Crippen molar-refractivity contribution in [2.24, 2.45) is 5.92 Å². The van der Waals surface area contributed by atoms with Crippen LogP contribution < -0.4 is 0 Å². The minimum Gasteiger partial charge on any atom is -0.508 e. The lowest BCUT2D eigenvalue weighted by molar-refractivity contribution is -0.327. The topological polar surface area (TPSA) is 208 Å². The summed E-state index contributed by atoms with van der Waals surface area (Å²) >= 11 is 0. The third-order valence-corrected chi connectivity index (χ3v) is 6.46. The first-order valence-electron chi connectivity index (χ1n) is 12.7. The number of carbonyl (C=O) groups excluding carboxylic acids is 3. The summed E-state index contributed by atoms with van der Waals surface area (Å²) in [7, 11) is 1.13. The summed E-state index contributed by atoms with van der Waals surface area (Å²) in [5, 5.41) is 49.5. The highest BCUT2D eigenvalue weighted by Crippen LogP contribution is 2.36. The van der Waals surface area contributed by atoms with Gasteiger partial charge in [0.15, 0.2) is 6.29 Å². The predicted molar refractivity (Wildman–Crippen MR) is 135 cm³/mol. The Morgan fingerprint density at radius 2 is 1.73 bits per heavy atom. The summed E-state index contributed by atoms with van der Waals surface area (Å²) < 4.78 is 31.9. The maximum atomic E-state index is 12.9. The SMILES string of the molecule is COC(=O)C1=CO[C@@H](O[C@@H]2O[C@@H](CO)[C@@H](O)[C@H](O)[C@@H]2O)/C(=C/COC(C)=O)[C@@H]1CC(=O)OCCc1ccc(O)cc1. The number of ether oxygens (including phenoxy) is 6. The smallest absolute Gasteiger partial charge is 0.337 e. The number of benzene rings is 1. The fraction of sp³-hybridized carbons (Fsp3) is 0.519. The van der Waals surface area contributed by atoms with E-state index in [4.69, 9.17) is 28.4 Å². The number of hydrogen-bond acceptors (Lipinski definition) is 14. The zero-order chi connectivity index (χ0) is 30.1. The van der Waals surface area contributed by atoms with Gasteiger partial charge in [0.25, 0.3) is 0 Å². The second kappa shape index (κ2) is 14.9. The van der Waals surface area contributed by atoms with Gasteiger partial charge in [0.1, 0.15) is 36.8 Å². The molecule has 14 nitrogen and oxygen atoms in total. The number of rotatable bonds is 11. The molecule has 41 heavy (non-hydrogen) atoms. The first-order chi connectivity index (χ1) is 19.5. The Morgan fingerprint density at radius 3 is 2.37 bits per heavy atom. The molecule has 0 bridgehead atoms. The van der Waals surface area contributed by atoms with E-state index in [1.807, 2.05) is 0 Å². The highest BCUT2D eigenvalue weighted by Gasteiger charge is 2.47. The molecule has 5 N–H and O–H groups in total. The van der Waals surface area contributed by atoms with E-state index in [2.05, 4.69) is 0 Å². The van der Waals surface area contributed by atoms with Gasteiger partial charge in [-0.3, -0.25) is 9.59 Å². The second-order valence-corrected chi connectivity index (χ2v) is 9.27. The van der Waals surface area contributed by atoms with Gasteiger partial charge in [-0.25, -0.2) is 4.79 Å². The van der Waals surface area contributed by atoms with Gasteiger partial charge in [-0.2, -0.15) is 0 Å². The molecule has 14 heteroatoms. The maximum absolute atomic E-state index is 12.9. The molecule has 0 radical (unpaired) electrons. The number of methoxy groups -OCH3 is 1. The van der Waals surface area contributed by atoms with Crippen LogP contribution in [-0.2, 0) is 49.2 Å². The number of phenols is 1. The molecule has 0 aliphatic carbocycles. The molecule has 3 rings (SSSR count). The monoisotopic (exact) mass is 582 g/mol. The van der Waals surface area contributed by atoms with Gasteiger partial charge in [-0.15, -0.1) is 0 Å². The van der Waals surface area contributed by atoms with Gasteiger partial charge in [0, 0.05) is 24.8 Å². The van der Waals surface area contributed by atoms with Gasteiger partial charge in [-0.05, 0) is 23.8 Å². The van der Waals surface area contributed by atoms with Crippen LogP contribution in [0.3, 0.4) is 0 Å². The standard InChI is InChI=1S/C27H34O14/c1-14(29)37-10-8-17-18(11-21(31)38-9-7-15-3-5-16(30)6-4-15)19(25(35)36-2)13-39-26(17)41-27-24(34)23(33)22(32)20(12-28)40-27/h3-6,8,13,18,20,22-24,26-28,30,32-34H,7,9-12H2,1-2H3/b17-8+/t18-,20-,22+,23-,24-,26-,27-/m0/s1. The minimum atomic E-state index is -1.76. The molecule has 1 aromatic rings. The number of aliphatic hydroxyl groups is 4. The Labute approximate surface area is 235 Å². The van der Waals surface area contributed by atoms with Crippen LogP contribution in [0.2, 0.25) is 0 Å². The second-order valence-electron chi connectivity index (χ2n) is 9.27. The third-order valence-electron chi connectivity index (χ3n) is 6.46. The lowest BCUT2D eigenvalue weighted by atomic mass is 9.86. The van der Waals surface area contributed by atoms with Gasteiger partial charge >= 0.3 is 17.9 Å². The normalized spacial score (nSPS) is 28.8. The summed E-state index contributed by atoms with van der Waals surface area (Å²) in [6.45, 7) is 0.182. The van der Waals surface area contributed by atoms with Gasteiger partial charge in [-0.1, -0.05) is 12.1 Å². The molecule has 2 aliphatic heterocycles. The highest BCUT2D eigenvalue weighted by atomic mass is 16.8. The number of hydrogen-bond donors (Lipinski definition) is 5. The largest absolute Gasteiger partial charge is 0.508 e. The minimum absolute atomic E-state index is 0.00138. The van der Waals surface area contributed by atoms with Crippen molar-refractivity contribution in [2.45, 2.75) is 56.8 Å². The summed E-state index contributed by atoms with van der Waals surface area (Å²) in [5.74, 6) is -3.09. The number of esters is 3.